The number of aryl methyl sites for hydroxylation is 1. The molecule has 0 saturated heterocycles. The number of aliphatic hydroxyl groups is 1. The van der Waals surface area contributed by atoms with Gasteiger partial charge >= 0.3 is 0 Å². The maximum absolute atomic E-state index is 9.41. The van der Waals surface area contributed by atoms with Crippen LogP contribution in [0.1, 0.15) is 24.1 Å². The molecule has 1 heterocycles. The van der Waals surface area contributed by atoms with Gasteiger partial charge in [-0.05, 0) is 43.2 Å². The van der Waals surface area contributed by atoms with Crippen molar-refractivity contribution in [1.29, 1.82) is 0 Å². The van der Waals surface area contributed by atoms with Crippen molar-refractivity contribution in [2.75, 3.05) is 6.61 Å². The van der Waals surface area contributed by atoms with Gasteiger partial charge in [0.2, 0.25) is 0 Å². The molecule has 1 aliphatic rings. The zero-order valence-electron chi connectivity index (χ0n) is 9.59. The molecule has 0 spiro atoms. The Morgan fingerprint density at radius 3 is 2.75 bits per heavy atom. The van der Waals surface area contributed by atoms with Gasteiger partial charge in [-0.25, -0.2) is 0 Å². The molecule has 0 amide bonds. The molecule has 0 bridgehead atoms. The van der Waals surface area contributed by atoms with Gasteiger partial charge in [0.15, 0.2) is 0 Å². The third kappa shape index (κ3) is 1.45. The molecule has 3 rings (SSSR count). The number of fused-ring (bicyclic) bond motifs is 1. The minimum absolute atomic E-state index is 0.190. The van der Waals surface area contributed by atoms with Crippen LogP contribution in [0, 0.1) is 12.3 Å². The maximum Gasteiger partial charge on any atom is 0.0490 e. The van der Waals surface area contributed by atoms with Crippen molar-refractivity contribution in [2.24, 2.45) is 5.41 Å². The number of hydrogen-bond donors (Lipinski definition) is 2. The van der Waals surface area contributed by atoms with E-state index in [0.717, 1.165) is 6.42 Å². The van der Waals surface area contributed by atoms with Crippen molar-refractivity contribution in [2.45, 2.75) is 26.2 Å². The Bertz CT molecular complexity index is 523. The number of hydrogen-bond acceptors (Lipinski definition) is 1. The van der Waals surface area contributed by atoms with E-state index in [1.165, 1.54) is 35.0 Å². The molecule has 0 aliphatic heterocycles. The Kier molecular flexibility index (Phi) is 2.08. The third-order valence-electron chi connectivity index (χ3n) is 3.87. The number of aliphatic hydroxyl groups excluding tert-OH is 1. The molecule has 1 aromatic carbocycles. The van der Waals surface area contributed by atoms with Crippen LogP contribution in [0.25, 0.3) is 10.9 Å². The van der Waals surface area contributed by atoms with Crippen molar-refractivity contribution in [3.8, 4) is 0 Å². The number of H-pyrrole nitrogens is 1. The van der Waals surface area contributed by atoms with Crippen LogP contribution in [-0.4, -0.2) is 16.7 Å². The van der Waals surface area contributed by atoms with Gasteiger partial charge in [-0.2, -0.15) is 0 Å². The van der Waals surface area contributed by atoms with E-state index in [0.29, 0.717) is 6.61 Å². The van der Waals surface area contributed by atoms with E-state index in [-0.39, 0.29) is 5.41 Å². The smallest absolute Gasteiger partial charge is 0.0490 e. The summed E-state index contributed by atoms with van der Waals surface area (Å²) in [5.74, 6) is 0. The Morgan fingerprint density at radius 1 is 1.31 bits per heavy atom. The molecule has 1 fully saturated rings. The van der Waals surface area contributed by atoms with Gasteiger partial charge in [-0.15, -0.1) is 0 Å². The topological polar surface area (TPSA) is 36.0 Å². The van der Waals surface area contributed by atoms with Gasteiger partial charge in [0.25, 0.3) is 0 Å². The molecular weight excluding hydrogens is 198 g/mol. The predicted octanol–water partition coefficient (Wildman–Crippen LogP) is 2.79. The van der Waals surface area contributed by atoms with E-state index in [9.17, 15) is 5.11 Å². The second-order valence-electron chi connectivity index (χ2n) is 5.11. The van der Waals surface area contributed by atoms with Gasteiger partial charge in [0.1, 0.15) is 0 Å². The third-order valence-corrected chi connectivity index (χ3v) is 3.87. The highest BCUT2D eigenvalue weighted by molar-refractivity contribution is 5.84. The number of benzene rings is 1. The van der Waals surface area contributed by atoms with Crippen LogP contribution in [0.15, 0.2) is 24.3 Å². The summed E-state index contributed by atoms with van der Waals surface area (Å²) in [4.78, 5) is 3.42. The van der Waals surface area contributed by atoms with Crippen LogP contribution in [0.2, 0.25) is 0 Å². The van der Waals surface area contributed by atoms with Gasteiger partial charge < -0.3 is 10.1 Å². The lowest BCUT2D eigenvalue weighted by Gasteiger charge is -2.11. The largest absolute Gasteiger partial charge is 0.396 e. The Morgan fingerprint density at radius 2 is 2.06 bits per heavy atom. The summed E-state index contributed by atoms with van der Waals surface area (Å²) in [5, 5.41) is 10.7. The quantitative estimate of drug-likeness (QED) is 0.811. The fourth-order valence-electron chi connectivity index (χ4n) is 2.51. The zero-order chi connectivity index (χ0) is 11.2. The summed E-state index contributed by atoms with van der Waals surface area (Å²) in [7, 11) is 0. The number of aromatic nitrogens is 1. The highest BCUT2D eigenvalue weighted by atomic mass is 16.3. The second kappa shape index (κ2) is 3.36. The minimum atomic E-state index is 0.190. The molecule has 1 aliphatic carbocycles. The molecule has 2 N–H and O–H groups in total. The normalized spacial score (nSPS) is 17.9. The van der Waals surface area contributed by atoms with Gasteiger partial charge in [0, 0.05) is 23.2 Å². The van der Waals surface area contributed by atoms with Gasteiger partial charge in [-0.1, -0.05) is 18.2 Å². The molecule has 2 heteroatoms. The van der Waals surface area contributed by atoms with Crippen LogP contribution in [0.3, 0.4) is 0 Å². The molecule has 16 heavy (non-hydrogen) atoms. The van der Waals surface area contributed by atoms with E-state index in [4.69, 9.17) is 0 Å². The molecule has 1 aromatic heterocycles. The van der Waals surface area contributed by atoms with Crippen molar-refractivity contribution in [3.63, 3.8) is 0 Å². The minimum Gasteiger partial charge on any atom is -0.396 e. The molecule has 84 valence electrons. The van der Waals surface area contributed by atoms with E-state index in [2.05, 4.69) is 36.2 Å². The van der Waals surface area contributed by atoms with Gasteiger partial charge in [-0.3, -0.25) is 0 Å². The number of aromatic amines is 1. The molecule has 0 atom stereocenters. The van der Waals surface area contributed by atoms with E-state index < -0.39 is 0 Å². The lowest BCUT2D eigenvalue weighted by atomic mass is 9.95. The lowest BCUT2D eigenvalue weighted by Crippen LogP contribution is -2.10. The Labute approximate surface area is 95.3 Å². The van der Waals surface area contributed by atoms with Crippen LogP contribution < -0.4 is 0 Å². The maximum atomic E-state index is 9.41. The summed E-state index contributed by atoms with van der Waals surface area (Å²) in [5.41, 5.74) is 4.04. The van der Waals surface area contributed by atoms with Gasteiger partial charge in [0.05, 0.1) is 0 Å². The summed E-state index contributed by atoms with van der Waals surface area (Å²) in [6.45, 7) is 2.45. The molecule has 1 saturated carbocycles. The fraction of sp³-hybridized carbons (Fsp3) is 0.429. The first-order chi connectivity index (χ1) is 7.74. The first kappa shape index (κ1) is 9.91. The Hall–Kier alpha value is -1.28. The van der Waals surface area contributed by atoms with E-state index >= 15 is 0 Å². The predicted molar refractivity (Wildman–Crippen MR) is 65.5 cm³/mol. The number of para-hydroxylation sites is 1. The monoisotopic (exact) mass is 215 g/mol. The van der Waals surface area contributed by atoms with Crippen molar-refractivity contribution in [1.82, 2.24) is 4.98 Å². The first-order valence-corrected chi connectivity index (χ1v) is 5.91. The van der Waals surface area contributed by atoms with Crippen LogP contribution >= 0.6 is 0 Å². The van der Waals surface area contributed by atoms with Crippen molar-refractivity contribution in [3.05, 3.63) is 35.5 Å². The summed E-state index contributed by atoms with van der Waals surface area (Å²) < 4.78 is 0. The van der Waals surface area contributed by atoms with E-state index in [1.54, 1.807) is 0 Å². The highest BCUT2D eigenvalue weighted by Gasteiger charge is 2.42. The van der Waals surface area contributed by atoms with Crippen LogP contribution in [0.5, 0.6) is 0 Å². The second-order valence-corrected chi connectivity index (χ2v) is 5.11. The summed E-state index contributed by atoms with van der Waals surface area (Å²) >= 11 is 0. The molecule has 2 aromatic rings. The zero-order valence-corrected chi connectivity index (χ0v) is 9.59. The molecule has 0 unspecified atom stereocenters. The molecule has 2 nitrogen and oxygen atoms in total. The van der Waals surface area contributed by atoms with E-state index in [1.807, 2.05) is 0 Å². The fourth-order valence-corrected chi connectivity index (χ4v) is 2.51. The molecule has 0 radical (unpaired) electrons. The van der Waals surface area contributed by atoms with Crippen LogP contribution in [-0.2, 0) is 6.42 Å². The lowest BCUT2D eigenvalue weighted by molar-refractivity contribution is 0.211. The first-order valence-electron chi connectivity index (χ1n) is 5.91. The van der Waals surface area contributed by atoms with Crippen molar-refractivity contribution < 1.29 is 5.11 Å². The number of rotatable bonds is 3. The van der Waals surface area contributed by atoms with Crippen molar-refractivity contribution >= 4 is 10.9 Å². The average Bonchev–Trinajstić information content (AvgIpc) is 3.01. The summed E-state index contributed by atoms with van der Waals surface area (Å²) in [6, 6.07) is 8.42. The van der Waals surface area contributed by atoms with Crippen LogP contribution in [0.4, 0.5) is 0 Å². The highest BCUT2D eigenvalue weighted by Crippen LogP contribution is 2.49. The summed E-state index contributed by atoms with van der Waals surface area (Å²) in [6.07, 6.45) is 3.35. The number of nitrogens with one attached hydrogen (secondary N) is 1. The molecular formula is C14H17NO. The Balaban J connectivity index is 2.05. The average molecular weight is 215 g/mol. The SMILES string of the molecule is Cc1[nH]c2ccccc2c1CC1(CO)CC1. The standard InChI is InChI=1S/C14H17NO/c1-10-12(8-14(9-16)6-7-14)11-4-2-3-5-13(11)15-10/h2-5,15-16H,6-9H2,1H3.